The summed E-state index contributed by atoms with van der Waals surface area (Å²) in [5.41, 5.74) is 1.20. The Morgan fingerprint density at radius 1 is 1.24 bits per heavy atom. The summed E-state index contributed by atoms with van der Waals surface area (Å²) in [5, 5.41) is 4.82. The van der Waals surface area contributed by atoms with Crippen LogP contribution in [-0.2, 0) is 0 Å². The smallest absolute Gasteiger partial charge is 0.0595 e. The minimum absolute atomic E-state index is 0.325. The number of hydrogen-bond acceptors (Lipinski definition) is 1. The summed E-state index contributed by atoms with van der Waals surface area (Å²) in [5.74, 6) is 1.73. The van der Waals surface area contributed by atoms with Gasteiger partial charge in [-0.25, -0.2) is 0 Å². The summed E-state index contributed by atoms with van der Waals surface area (Å²) in [7, 11) is 0. The van der Waals surface area contributed by atoms with Crippen LogP contribution in [0.5, 0.6) is 0 Å². The molecule has 2 unspecified atom stereocenters. The van der Waals surface area contributed by atoms with E-state index in [1.165, 1.54) is 18.4 Å². The topological polar surface area (TPSA) is 12.0 Å². The molecule has 1 aliphatic rings. The van der Waals surface area contributed by atoms with Gasteiger partial charge in [0.1, 0.15) is 0 Å². The van der Waals surface area contributed by atoms with Gasteiger partial charge in [-0.15, -0.1) is 0 Å². The van der Waals surface area contributed by atoms with Crippen molar-refractivity contribution < 1.29 is 0 Å². The standard InChI is InChI=1S/C14H19Cl2N/c1-9(11-3-4-11)8-17-10(2)12-5-6-13(15)14(16)7-12/h5-7,9-11,17H,3-4,8H2,1-2H3. The van der Waals surface area contributed by atoms with Crippen molar-refractivity contribution >= 4 is 23.2 Å². The fraction of sp³-hybridized carbons (Fsp3) is 0.571. The highest BCUT2D eigenvalue weighted by molar-refractivity contribution is 6.42. The van der Waals surface area contributed by atoms with Crippen LogP contribution < -0.4 is 5.32 Å². The van der Waals surface area contributed by atoms with Gasteiger partial charge >= 0.3 is 0 Å². The molecule has 0 spiro atoms. The summed E-state index contributed by atoms with van der Waals surface area (Å²) in [6.07, 6.45) is 2.81. The van der Waals surface area contributed by atoms with Crippen molar-refractivity contribution in [2.45, 2.75) is 32.7 Å². The molecule has 0 amide bonds. The van der Waals surface area contributed by atoms with Gasteiger partial charge in [-0.3, -0.25) is 0 Å². The van der Waals surface area contributed by atoms with E-state index in [1.807, 2.05) is 18.2 Å². The highest BCUT2D eigenvalue weighted by Crippen LogP contribution is 2.36. The fourth-order valence-electron chi connectivity index (χ4n) is 2.09. The molecule has 0 bridgehead atoms. The van der Waals surface area contributed by atoms with Gasteiger partial charge in [-0.2, -0.15) is 0 Å². The Kier molecular flexibility index (Phi) is 4.35. The molecule has 0 saturated heterocycles. The number of nitrogens with one attached hydrogen (secondary N) is 1. The monoisotopic (exact) mass is 271 g/mol. The van der Waals surface area contributed by atoms with E-state index in [2.05, 4.69) is 19.2 Å². The van der Waals surface area contributed by atoms with Gasteiger partial charge in [0, 0.05) is 6.04 Å². The first kappa shape index (κ1) is 13.2. The SMILES string of the molecule is CC(NCC(C)C1CC1)c1ccc(Cl)c(Cl)c1. The Hall–Kier alpha value is -0.240. The number of benzene rings is 1. The van der Waals surface area contributed by atoms with Crippen LogP contribution in [0, 0.1) is 11.8 Å². The fourth-order valence-corrected chi connectivity index (χ4v) is 2.40. The van der Waals surface area contributed by atoms with E-state index in [-0.39, 0.29) is 0 Å². The molecule has 1 saturated carbocycles. The lowest BCUT2D eigenvalue weighted by molar-refractivity contribution is 0.432. The number of rotatable bonds is 5. The van der Waals surface area contributed by atoms with Crippen LogP contribution in [0.3, 0.4) is 0 Å². The van der Waals surface area contributed by atoms with E-state index in [0.717, 1.165) is 18.4 Å². The second kappa shape index (κ2) is 5.60. The first-order valence-electron chi connectivity index (χ1n) is 6.26. The highest BCUT2D eigenvalue weighted by atomic mass is 35.5. The van der Waals surface area contributed by atoms with Crippen molar-refractivity contribution in [2.24, 2.45) is 11.8 Å². The second-order valence-corrected chi connectivity index (χ2v) is 5.93. The zero-order valence-corrected chi connectivity index (χ0v) is 11.9. The Labute approximate surface area is 114 Å². The summed E-state index contributed by atoms with van der Waals surface area (Å²) in [4.78, 5) is 0. The maximum atomic E-state index is 6.02. The molecule has 1 fully saturated rings. The summed E-state index contributed by atoms with van der Waals surface area (Å²) < 4.78 is 0. The molecule has 0 aromatic heterocycles. The number of hydrogen-bond donors (Lipinski definition) is 1. The maximum Gasteiger partial charge on any atom is 0.0595 e. The average molecular weight is 272 g/mol. The van der Waals surface area contributed by atoms with Crippen molar-refractivity contribution in [1.82, 2.24) is 5.32 Å². The van der Waals surface area contributed by atoms with Crippen molar-refractivity contribution in [3.63, 3.8) is 0 Å². The third-order valence-electron chi connectivity index (χ3n) is 3.62. The summed E-state index contributed by atoms with van der Waals surface area (Å²) in [6, 6.07) is 6.17. The van der Waals surface area contributed by atoms with E-state index < -0.39 is 0 Å². The van der Waals surface area contributed by atoms with Gasteiger partial charge in [0.15, 0.2) is 0 Å². The number of halogens is 2. The van der Waals surface area contributed by atoms with Gasteiger partial charge < -0.3 is 5.32 Å². The highest BCUT2D eigenvalue weighted by Gasteiger charge is 2.27. The largest absolute Gasteiger partial charge is 0.310 e. The van der Waals surface area contributed by atoms with Gasteiger partial charge in [0.2, 0.25) is 0 Å². The molecular weight excluding hydrogens is 253 g/mol. The molecule has 0 radical (unpaired) electrons. The molecule has 3 heteroatoms. The predicted octanol–water partition coefficient (Wildman–Crippen LogP) is 4.69. The Bertz CT molecular complexity index is 388. The van der Waals surface area contributed by atoms with Crippen molar-refractivity contribution in [2.75, 3.05) is 6.54 Å². The van der Waals surface area contributed by atoms with Crippen molar-refractivity contribution in [3.05, 3.63) is 33.8 Å². The third kappa shape index (κ3) is 3.61. The van der Waals surface area contributed by atoms with Crippen LogP contribution in [0.15, 0.2) is 18.2 Å². The second-order valence-electron chi connectivity index (χ2n) is 5.12. The molecule has 1 aromatic carbocycles. The van der Waals surface area contributed by atoms with Gasteiger partial charge in [0.05, 0.1) is 10.0 Å². The molecule has 1 nitrogen and oxygen atoms in total. The van der Waals surface area contributed by atoms with Crippen LogP contribution in [0.2, 0.25) is 10.0 Å². The Morgan fingerprint density at radius 2 is 1.94 bits per heavy atom. The molecule has 1 aromatic rings. The van der Waals surface area contributed by atoms with E-state index in [1.54, 1.807) is 0 Å². The normalized spacial score (nSPS) is 19.1. The van der Waals surface area contributed by atoms with Gasteiger partial charge in [0.25, 0.3) is 0 Å². The first-order valence-corrected chi connectivity index (χ1v) is 7.02. The average Bonchev–Trinajstić information content (AvgIpc) is 3.13. The quantitative estimate of drug-likeness (QED) is 0.819. The lowest BCUT2D eigenvalue weighted by atomic mass is 10.0. The zero-order chi connectivity index (χ0) is 12.4. The van der Waals surface area contributed by atoms with Crippen LogP contribution in [-0.4, -0.2) is 6.54 Å². The van der Waals surface area contributed by atoms with E-state index in [0.29, 0.717) is 16.1 Å². The molecule has 0 aliphatic heterocycles. The Balaban J connectivity index is 1.89. The van der Waals surface area contributed by atoms with Crippen LogP contribution in [0.1, 0.15) is 38.3 Å². The molecule has 94 valence electrons. The lowest BCUT2D eigenvalue weighted by Crippen LogP contribution is -2.25. The minimum atomic E-state index is 0.325. The molecule has 2 rings (SSSR count). The minimum Gasteiger partial charge on any atom is -0.310 e. The Morgan fingerprint density at radius 3 is 2.53 bits per heavy atom. The molecule has 0 heterocycles. The predicted molar refractivity (Wildman–Crippen MR) is 74.8 cm³/mol. The molecule has 1 N–H and O–H groups in total. The van der Waals surface area contributed by atoms with E-state index in [9.17, 15) is 0 Å². The summed E-state index contributed by atoms with van der Waals surface area (Å²) >= 11 is 11.9. The molecule has 1 aliphatic carbocycles. The summed E-state index contributed by atoms with van der Waals surface area (Å²) in [6.45, 7) is 5.57. The van der Waals surface area contributed by atoms with Crippen LogP contribution in [0.4, 0.5) is 0 Å². The molecule has 2 atom stereocenters. The molecule has 17 heavy (non-hydrogen) atoms. The van der Waals surface area contributed by atoms with Crippen molar-refractivity contribution in [1.29, 1.82) is 0 Å². The van der Waals surface area contributed by atoms with Gasteiger partial charge in [-0.05, 0) is 55.8 Å². The first-order chi connectivity index (χ1) is 8.08. The third-order valence-corrected chi connectivity index (χ3v) is 4.36. The van der Waals surface area contributed by atoms with E-state index in [4.69, 9.17) is 23.2 Å². The van der Waals surface area contributed by atoms with Crippen molar-refractivity contribution in [3.8, 4) is 0 Å². The van der Waals surface area contributed by atoms with Crippen LogP contribution in [0.25, 0.3) is 0 Å². The van der Waals surface area contributed by atoms with E-state index >= 15 is 0 Å². The maximum absolute atomic E-state index is 6.02. The van der Waals surface area contributed by atoms with Gasteiger partial charge in [-0.1, -0.05) is 36.2 Å². The zero-order valence-electron chi connectivity index (χ0n) is 10.3. The van der Waals surface area contributed by atoms with Crippen LogP contribution >= 0.6 is 23.2 Å². The lowest BCUT2D eigenvalue weighted by Gasteiger charge is -2.18. The molecular formula is C14H19Cl2N.